The van der Waals surface area contributed by atoms with Crippen molar-refractivity contribution in [2.45, 2.75) is 17.7 Å². The van der Waals surface area contributed by atoms with E-state index in [1.54, 1.807) is 0 Å². The lowest BCUT2D eigenvalue weighted by Gasteiger charge is -2.30. The summed E-state index contributed by atoms with van der Waals surface area (Å²) in [6.07, 6.45) is 0.433. The molecule has 0 spiro atoms. The number of hydrogen-bond acceptors (Lipinski definition) is 8. The lowest BCUT2D eigenvalue weighted by atomic mass is 9.97. The Morgan fingerprint density at radius 2 is 1.94 bits per heavy atom. The van der Waals surface area contributed by atoms with Gasteiger partial charge in [-0.25, -0.2) is 22.2 Å². The number of benzene rings is 2. The van der Waals surface area contributed by atoms with E-state index in [1.165, 1.54) is 19.2 Å². The first-order valence-corrected chi connectivity index (χ1v) is 12.2. The number of piperidine rings is 1. The van der Waals surface area contributed by atoms with E-state index in [0.717, 1.165) is 27.8 Å². The first kappa shape index (κ1) is 23.9. The van der Waals surface area contributed by atoms with Crippen LogP contribution in [-0.2, 0) is 14.8 Å². The topological polar surface area (TPSA) is 132 Å². The van der Waals surface area contributed by atoms with E-state index in [1.807, 2.05) is 0 Å². The van der Waals surface area contributed by atoms with Gasteiger partial charge in [0.25, 0.3) is 5.69 Å². The molecule has 2 aromatic carbocycles. The van der Waals surface area contributed by atoms with Crippen molar-refractivity contribution in [3.63, 3.8) is 0 Å². The van der Waals surface area contributed by atoms with Crippen molar-refractivity contribution in [2.75, 3.05) is 25.5 Å². The zero-order valence-electron chi connectivity index (χ0n) is 17.7. The van der Waals surface area contributed by atoms with Gasteiger partial charge in [0, 0.05) is 25.1 Å². The average Bonchev–Trinajstić information content (AvgIpc) is 3.22. The molecule has 10 nitrogen and oxygen atoms in total. The molecule has 1 amide bonds. The van der Waals surface area contributed by atoms with E-state index in [9.17, 15) is 32.1 Å². The smallest absolute Gasteiger partial charge is 0.274 e. The minimum Gasteiger partial charge on any atom is -0.494 e. The molecule has 4 rings (SSSR count). The maximum absolute atomic E-state index is 13.5. The second-order valence-corrected chi connectivity index (χ2v) is 10.5. The van der Waals surface area contributed by atoms with Crippen LogP contribution in [0.4, 0.5) is 19.6 Å². The summed E-state index contributed by atoms with van der Waals surface area (Å²) in [5, 5.41) is 14.0. The van der Waals surface area contributed by atoms with Gasteiger partial charge in [-0.1, -0.05) is 11.3 Å². The van der Waals surface area contributed by atoms with Crippen molar-refractivity contribution in [3.05, 3.63) is 52.1 Å². The van der Waals surface area contributed by atoms with Crippen molar-refractivity contribution < 1.29 is 31.7 Å². The van der Waals surface area contributed by atoms with Crippen LogP contribution in [0, 0.1) is 27.7 Å². The van der Waals surface area contributed by atoms with Gasteiger partial charge in [0.15, 0.2) is 22.5 Å². The van der Waals surface area contributed by atoms with Gasteiger partial charge in [0.05, 0.1) is 27.7 Å². The van der Waals surface area contributed by atoms with Gasteiger partial charge in [-0.15, -0.1) is 0 Å². The zero-order chi connectivity index (χ0) is 24.6. The number of amides is 1. The summed E-state index contributed by atoms with van der Waals surface area (Å²) in [4.78, 5) is 27.2. The molecule has 3 aromatic rings. The molecule has 0 bridgehead atoms. The van der Waals surface area contributed by atoms with E-state index >= 15 is 0 Å². The number of ether oxygens (including phenoxy) is 1. The Morgan fingerprint density at radius 3 is 2.56 bits per heavy atom. The van der Waals surface area contributed by atoms with Crippen molar-refractivity contribution in [2.24, 2.45) is 5.92 Å². The van der Waals surface area contributed by atoms with Crippen LogP contribution in [0.2, 0.25) is 0 Å². The van der Waals surface area contributed by atoms with Gasteiger partial charge in [-0.3, -0.25) is 14.9 Å². The predicted molar refractivity (Wildman–Crippen MR) is 119 cm³/mol. The third-order valence-electron chi connectivity index (χ3n) is 5.46. The fourth-order valence-corrected chi connectivity index (χ4v) is 6.05. The van der Waals surface area contributed by atoms with E-state index < -0.39 is 32.5 Å². The van der Waals surface area contributed by atoms with Crippen molar-refractivity contribution in [1.29, 1.82) is 0 Å². The largest absolute Gasteiger partial charge is 0.494 e. The SMILES string of the molecule is COc1cc([N+](=O)[O-])cc2sc(NC(=O)C3CCN(S(=O)(=O)c4ccc(F)c(F)c4)CC3)nc12. The zero-order valence-corrected chi connectivity index (χ0v) is 19.3. The summed E-state index contributed by atoms with van der Waals surface area (Å²) in [5.41, 5.74) is 0.210. The predicted octanol–water partition coefficient (Wildman–Crippen LogP) is 3.53. The number of methoxy groups -OCH3 is 1. The lowest BCUT2D eigenvalue weighted by molar-refractivity contribution is -0.384. The number of rotatable bonds is 6. The Morgan fingerprint density at radius 1 is 1.24 bits per heavy atom. The van der Waals surface area contributed by atoms with Gasteiger partial charge >= 0.3 is 0 Å². The molecule has 1 fully saturated rings. The number of sulfonamides is 1. The van der Waals surface area contributed by atoms with Crippen LogP contribution in [0.3, 0.4) is 0 Å². The van der Waals surface area contributed by atoms with Gasteiger partial charge in [-0.2, -0.15) is 4.31 Å². The number of carbonyl (C=O) groups is 1. The normalized spacial score (nSPS) is 15.4. The molecule has 0 saturated carbocycles. The third kappa shape index (κ3) is 4.56. The number of fused-ring (bicyclic) bond motifs is 1. The highest BCUT2D eigenvalue weighted by Crippen LogP contribution is 2.36. The second-order valence-electron chi connectivity index (χ2n) is 7.51. The first-order chi connectivity index (χ1) is 16.1. The number of anilines is 1. The number of thiazole rings is 1. The highest BCUT2D eigenvalue weighted by molar-refractivity contribution is 7.89. The number of nitro groups is 1. The number of carbonyl (C=O) groups excluding carboxylic acids is 1. The molecule has 1 saturated heterocycles. The van der Waals surface area contributed by atoms with Gasteiger partial charge < -0.3 is 10.1 Å². The number of nitro benzene ring substituents is 1. The molecule has 2 heterocycles. The van der Waals surface area contributed by atoms with E-state index in [4.69, 9.17) is 4.74 Å². The number of aromatic nitrogens is 1. The summed E-state index contributed by atoms with van der Waals surface area (Å²) >= 11 is 1.06. The summed E-state index contributed by atoms with van der Waals surface area (Å²) in [6.45, 7) is 0.0541. The van der Waals surface area contributed by atoms with Gasteiger partial charge in [0.2, 0.25) is 15.9 Å². The molecule has 0 radical (unpaired) electrons. The van der Waals surface area contributed by atoms with Gasteiger partial charge in [-0.05, 0) is 31.0 Å². The highest BCUT2D eigenvalue weighted by atomic mass is 32.2. The molecular weight excluding hydrogens is 494 g/mol. The van der Waals surface area contributed by atoms with Crippen molar-refractivity contribution in [3.8, 4) is 5.75 Å². The number of nitrogens with one attached hydrogen (secondary N) is 1. The molecule has 1 N–H and O–H groups in total. The number of hydrogen-bond donors (Lipinski definition) is 1. The van der Waals surface area contributed by atoms with Crippen LogP contribution < -0.4 is 10.1 Å². The molecule has 180 valence electrons. The molecule has 34 heavy (non-hydrogen) atoms. The molecule has 1 aromatic heterocycles. The highest BCUT2D eigenvalue weighted by Gasteiger charge is 2.33. The molecule has 1 aliphatic rings. The maximum atomic E-state index is 13.5. The minimum absolute atomic E-state index is 0.0271. The van der Waals surface area contributed by atoms with E-state index in [0.29, 0.717) is 16.3 Å². The van der Waals surface area contributed by atoms with Crippen LogP contribution in [0.1, 0.15) is 12.8 Å². The van der Waals surface area contributed by atoms with E-state index in [2.05, 4.69) is 10.3 Å². The fraction of sp³-hybridized carbons (Fsp3) is 0.300. The molecule has 0 atom stereocenters. The average molecular weight is 513 g/mol. The number of nitrogens with zero attached hydrogens (tertiary/aromatic N) is 3. The summed E-state index contributed by atoms with van der Waals surface area (Å²) in [7, 11) is -2.67. The summed E-state index contributed by atoms with van der Waals surface area (Å²) < 4.78 is 58.8. The first-order valence-electron chi connectivity index (χ1n) is 9.99. The molecular formula is C20H18F2N4O6S2. The van der Waals surface area contributed by atoms with Crippen LogP contribution in [0.15, 0.2) is 35.2 Å². The summed E-state index contributed by atoms with van der Waals surface area (Å²) in [6, 6.07) is 4.97. The fourth-order valence-electron chi connectivity index (χ4n) is 3.65. The van der Waals surface area contributed by atoms with Crippen LogP contribution in [0.25, 0.3) is 10.2 Å². The molecule has 1 aliphatic heterocycles. The van der Waals surface area contributed by atoms with Crippen LogP contribution in [-0.4, -0.2) is 48.7 Å². The maximum Gasteiger partial charge on any atom is 0.274 e. The molecule has 0 unspecified atom stereocenters. The molecule has 0 aliphatic carbocycles. The number of halogens is 2. The Hall–Kier alpha value is -3.23. The van der Waals surface area contributed by atoms with E-state index in [-0.39, 0.29) is 53.3 Å². The van der Waals surface area contributed by atoms with Gasteiger partial charge in [0.1, 0.15) is 5.52 Å². The monoisotopic (exact) mass is 512 g/mol. The Balaban J connectivity index is 1.44. The minimum atomic E-state index is -4.03. The van der Waals surface area contributed by atoms with Crippen LogP contribution in [0.5, 0.6) is 5.75 Å². The van der Waals surface area contributed by atoms with Crippen LogP contribution >= 0.6 is 11.3 Å². The Kier molecular flexibility index (Phi) is 6.47. The lowest BCUT2D eigenvalue weighted by Crippen LogP contribution is -2.41. The standard InChI is InChI=1S/C20H18F2N4O6S2/c1-32-16-8-12(26(28)29)9-17-18(16)23-20(33-17)24-19(27)11-4-6-25(7-5-11)34(30,31)13-2-3-14(21)15(22)10-13/h2-3,8-11H,4-7H2,1H3,(H,23,24,27). The Labute approximate surface area is 196 Å². The quantitative estimate of drug-likeness (QED) is 0.395. The van der Waals surface area contributed by atoms with Crippen molar-refractivity contribution >= 4 is 48.3 Å². The number of non-ortho nitro benzene ring substituents is 1. The molecule has 14 heteroatoms. The third-order valence-corrected chi connectivity index (χ3v) is 8.27. The second kappa shape index (κ2) is 9.19. The summed E-state index contributed by atoms with van der Waals surface area (Å²) in [5.74, 6) is -3.06. The van der Waals surface area contributed by atoms with Crippen molar-refractivity contribution in [1.82, 2.24) is 9.29 Å². The Bertz CT molecular complexity index is 1390.